The number of nitrogens with one attached hydrogen (secondary N) is 1. The van der Waals surface area contributed by atoms with E-state index in [0.29, 0.717) is 40.9 Å². The number of hydrogen-bond acceptors (Lipinski definition) is 7. The van der Waals surface area contributed by atoms with Crippen molar-refractivity contribution in [3.8, 4) is 22.9 Å². The summed E-state index contributed by atoms with van der Waals surface area (Å²) in [6.07, 6.45) is 0. The quantitative estimate of drug-likeness (QED) is 0.621. The van der Waals surface area contributed by atoms with Crippen LogP contribution in [0.15, 0.2) is 47.0 Å². The number of imide groups is 1. The molecule has 1 saturated heterocycles. The van der Waals surface area contributed by atoms with Gasteiger partial charge in [0, 0.05) is 5.56 Å². The molecule has 3 amide bonds. The van der Waals surface area contributed by atoms with Crippen LogP contribution < -0.4 is 14.8 Å². The fraction of sp³-hybridized carbons (Fsp3) is 0.238. The highest BCUT2D eigenvalue weighted by molar-refractivity contribution is 6.33. The van der Waals surface area contributed by atoms with E-state index >= 15 is 0 Å². The van der Waals surface area contributed by atoms with Crippen molar-refractivity contribution in [2.75, 3.05) is 13.2 Å². The molecule has 0 radical (unpaired) electrons. The van der Waals surface area contributed by atoms with E-state index < -0.39 is 17.5 Å². The number of benzene rings is 2. The molecule has 3 aromatic rings. The van der Waals surface area contributed by atoms with Crippen LogP contribution in [-0.4, -0.2) is 40.2 Å². The van der Waals surface area contributed by atoms with Crippen molar-refractivity contribution in [1.82, 2.24) is 20.4 Å². The Bertz CT molecular complexity index is 1200. The van der Waals surface area contributed by atoms with Crippen molar-refractivity contribution in [2.45, 2.75) is 19.0 Å². The number of aromatic nitrogens is 2. The largest absolute Gasteiger partial charge is 0.486 e. The Hall–Kier alpha value is -3.59. The van der Waals surface area contributed by atoms with Gasteiger partial charge in [0.25, 0.3) is 5.91 Å². The number of carbonyl (C=O) groups is 2. The summed E-state index contributed by atoms with van der Waals surface area (Å²) in [7, 11) is 0. The third kappa shape index (κ3) is 3.27. The Kier molecular flexibility index (Phi) is 4.55. The minimum absolute atomic E-state index is 0.116. The molecule has 1 N–H and O–H groups in total. The van der Waals surface area contributed by atoms with Gasteiger partial charge in [-0.15, -0.1) is 0 Å². The summed E-state index contributed by atoms with van der Waals surface area (Å²) >= 11 is 6.17. The molecule has 2 aliphatic heterocycles. The Morgan fingerprint density at radius 1 is 1.13 bits per heavy atom. The minimum atomic E-state index is -1.27. The first-order valence-electron chi connectivity index (χ1n) is 9.57. The minimum Gasteiger partial charge on any atom is -0.486 e. The lowest BCUT2D eigenvalue weighted by atomic mass is 9.91. The van der Waals surface area contributed by atoms with Crippen molar-refractivity contribution in [3.05, 3.63) is 58.9 Å². The second kappa shape index (κ2) is 7.28. The first kappa shape index (κ1) is 19.4. The molecule has 0 unspecified atom stereocenters. The van der Waals surface area contributed by atoms with Crippen molar-refractivity contribution < 1.29 is 23.6 Å². The number of halogens is 1. The Labute approximate surface area is 181 Å². The summed E-state index contributed by atoms with van der Waals surface area (Å²) in [5, 5.41) is 7.13. The number of hydrogen-bond donors (Lipinski definition) is 1. The molecule has 10 heteroatoms. The van der Waals surface area contributed by atoms with E-state index in [1.807, 2.05) is 0 Å². The molecule has 2 aromatic carbocycles. The molecule has 31 heavy (non-hydrogen) atoms. The van der Waals surface area contributed by atoms with Crippen LogP contribution in [0.25, 0.3) is 11.4 Å². The molecule has 0 spiro atoms. The van der Waals surface area contributed by atoms with Crippen molar-refractivity contribution in [2.24, 2.45) is 0 Å². The highest BCUT2D eigenvalue weighted by Gasteiger charge is 2.49. The molecular formula is C21H17ClN4O5. The van der Waals surface area contributed by atoms with Gasteiger partial charge in [-0.25, -0.2) is 4.79 Å². The van der Waals surface area contributed by atoms with Crippen LogP contribution in [-0.2, 0) is 16.9 Å². The van der Waals surface area contributed by atoms with Crippen LogP contribution in [0, 0.1) is 0 Å². The Morgan fingerprint density at radius 3 is 2.71 bits per heavy atom. The lowest BCUT2D eigenvalue weighted by Gasteiger charge is -2.25. The molecule has 0 aliphatic carbocycles. The van der Waals surface area contributed by atoms with E-state index in [1.54, 1.807) is 49.4 Å². The Balaban J connectivity index is 1.39. The number of amides is 3. The third-order valence-corrected chi connectivity index (χ3v) is 5.60. The third-order valence-electron chi connectivity index (χ3n) is 5.27. The molecule has 0 saturated carbocycles. The lowest BCUT2D eigenvalue weighted by Crippen LogP contribution is -2.41. The van der Waals surface area contributed by atoms with Gasteiger partial charge in [0.1, 0.15) is 25.3 Å². The number of ether oxygens (including phenoxy) is 2. The zero-order chi connectivity index (χ0) is 21.6. The molecule has 1 atom stereocenters. The van der Waals surface area contributed by atoms with Gasteiger partial charge in [0.05, 0.1) is 5.02 Å². The summed E-state index contributed by atoms with van der Waals surface area (Å²) in [4.78, 5) is 31.1. The number of carbonyl (C=O) groups excluding carboxylic acids is 2. The normalized spacial score (nSPS) is 20.1. The molecule has 1 aromatic heterocycles. The summed E-state index contributed by atoms with van der Waals surface area (Å²) in [5.41, 5.74) is -0.0872. The van der Waals surface area contributed by atoms with Gasteiger partial charge >= 0.3 is 6.03 Å². The maximum absolute atomic E-state index is 13.2. The summed E-state index contributed by atoms with van der Waals surface area (Å²) in [5.74, 6) is 1.09. The first-order valence-corrected chi connectivity index (χ1v) is 9.95. The molecule has 2 aliphatic rings. The first-order chi connectivity index (χ1) is 15.0. The van der Waals surface area contributed by atoms with Gasteiger partial charge in [-0.3, -0.25) is 9.69 Å². The van der Waals surface area contributed by atoms with E-state index in [9.17, 15) is 9.59 Å². The van der Waals surface area contributed by atoms with Gasteiger partial charge in [0.15, 0.2) is 11.5 Å². The molecule has 9 nitrogen and oxygen atoms in total. The lowest BCUT2D eigenvalue weighted by molar-refractivity contribution is -0.131. The summed E-state index contributed by atoms with van der Waals surface area (Å²) in [6, 6.07) is 11.7. The van der Waals surface area contributed by atoms with E-state index in [0.717, 1.165) is 4.90 Å². The van der Waals surface area contributed by atoms with Crippen LogP contribution in [0.1, 0.15) is 18.4 Å². The average Bonchev–Trinajstić information content (AvgIpc) is 3.33. The maximum Gasteiger partial charge on any atom is 0.325 e. The molecule has 158 valence electrons. The predicted molar refractivity (Wildman–Crippen MR) is 109 cm³/mol. The molecule has 1 fully saturated rings. The van der Waals surface area contributed by atoms with E-state index in [-0.39, 0.29) is 18.3 Å². The van der Waals surface area contributed by atoms with Crippen molar-refractivity contribution in [3.63, 3.8) is 0 Å². The van der Waals surface area contributed by atoms with E-state index in [1.165, 1.54) is 0 Å². The second-order valence-electron chi connectivity index (χ2n) is 7.30. The number of rotatable bonds is 4. The van der Waals surface area contributed by atoms with Gasteiger partial charge in [0.2, 0.25) is 11.7 Å². The highest BCUT2D eigenvalue weighted by Crippen LogP contribution is 2.37. The molecule has 0 bridgehead atoms. The van der Waals surface area contributed by atoms with Crippen LogP contribution in [0.2, 0.25) is 5.02 Å². The van der Waals surface area contributed by atoms with E-state index in [4.69, 9.17) is 25.6 Å². The highest BCUT2D eigenvalue weighted by atomic mass is 35.5. The Morgan fingerprint density at radius 2 is 1.90 bits per heavy atom. The topological polar surface area (TPSA) is 107 Å². The van der Waals surface area contributed by atoms with Gasteiger partial charge in [-0.1, -0.05) is 35.0 Å². The second-order valence-corrected chi connectivity index (χ2v) is 7.70. The van der Waals surface area contributed by atoms with Crippen LogP contribution in [0.3, 0.4) is 0 Å². The number of nitrogens with zero attached hydrogens (tertiary/aromatic N) is 3. The van der Waals surface area contributed by atoms with Crippen LogP contribution in [0.5, 0.6) is 11.5 Å². The summed E-state index contributed by atoms with van der Waals surface area (Å²) < 4.78 is 16.4. The van der Waals surface area contributed by atoms with E-state index in [2.05, 4.69) is 15.5 Å². The van der Waals surface area contributed by atoms with Gasteiger partial charge in [-0.2, -0.15) is 4.98 Å². The standard InChI is InChI=1S/C21H17ClN4O5/c1-21(12-6-7-15-16(10-12)30-9-8-29-15)19(27)26(20(28)24-21)11-17-23-18(25-31-17)13-4-2-3-5-14(13)22/h2-7,10H,8-9,11H2,1H3,(H,24,28)/t21-/m0/s1. The van der Waals surface area contributed by atoms with Crippen molar-refractivity contribution in [1.29, 1.82) is 0 Å². The van der Waals surface area contributed by atoms with Crippen LogP contribution in [0.4, 0.5) is 4.79 Å². The van der Waals surface area contributed by atoms with Gasteiger partial charge < -0.3 is 19.3 Å². The monoisotopic (exact) mass is 440 g/mol. The molecule has 3 heterocycles. The predicted octanol–water partition coefficient (Wildman–Crippen LogP) is 3.13. The number of urea groups is 1. The van der Waals surface area contributed by atoms with Crippen molar-refractivity contribution >= 4 is 23.5 Å². The summed E-state index contributed by atoms with van der Waals surface area (Å²) in [6.45, 7) is 2.36. The number of fused-ring (bicyclic) bond motifs is 1. The van der Waals surface area contributed by atoms with Gasteiger partial charge in [-0.05, 0) is 36.8 Å². The average molecular weight is 441 g/mol. The molecular weight excluding hydrogens is 424 g/mol. The zero-order valence-electron chi connectivity index (χ0n) is 16.4. The van der Waals surface area contributed by atoms with Crippen LogP contribution >= 0.6 is 11.6 Å². The molecule has 5 rings (SSSR count). The fourth-order valence-electron chi connectivity index (χ4n) is 3.60. The maximum atomic E-state index is 13.2. The smallest absolute Gasteiger partial charge is 0.325 e. The fourth-order valence-corrected chi connectivity index (χ4v) is 3.82. The zero-order valence-corrected chi connectivity index (χ0v) is 17.2. The SMILES string of the molecule is C[C@@]1(c2ccc3c(c2)OCCO3)NC(=O)N(Cc2nc(-c3ccccc3Cl)no2)C1=O.